The number of halogens is 1. The first kappa shape index (κ1) is 18.3. The second kappa shape index (κ2) is 8.69. The molecule has 0 saturated carbocycles. The lowest BCUT2D eigenvalue weighted by molar-refractivity contribution is -0.485. The maximum atomic E-state index is 10.3. The zero-order valence-electron chi connectivity index (χ0n) is 13.0. The van der Waals surface area contributed by atoms with Gasteiger partial charge in [0.1, 0.15) is 10.3 Å². The molecule has 1 aliphatic rings. The molecule has 1 aromatic carbocycles. The molecule has 0 atom stereocenters. The maximum Gasteiger partial charge on any atom is 0.271 e. The van der Waals surface area contributed by atoms with Gasteiger partial charge in [-0.15, -0.1) is 0 Å². The summed E-state index contributed by atoms with van der Waals surface area (Å²) in [6, 6.07) is 9.66. The number of pyridine rings is 1. The highest BCUT2D eigenvalue weighted by molar-refractivity contribution is 6.29. The highest BCUT2D eigenvalue weighted by Gasteiger charge is 2.21. The Morgan fingerprint density at radius 2 is 1.96 bits per heavy atom. The molecule has 9 nitrogen and oxygen atoms in total. The van der Waals surface area contributed by atoms with Gasteiger partial charge in [-0.3, -0.25) is 0 Å². The standard InChI is InChI=1S/C9H10ClN5O2.C6H6O2/c10-8-2-1-7(5-12-8)6-14-4-3-11-9(14)13-15(16)17;7-5-3-1-2-4-6(5)8/h1-2,5H,3-4,6H2,(H,11,13);1-4,7-8H. The number of hydrogen-bond acceptors (Lipinski definition) is 5. The minimum Gasteiger partial charge on any atom is -0.504 e. The minimum absolute atomic E-state index is 0.0764. The van der Waals surface area contributed by atoms with Crippen molar-refractivity contribution in [2.75, 3.05) is 13.1 Å². The van der Waals surface area contributed by atoms with E-state index in [9.17, 15) is 10.1 Å². The van der Waals surface area contributed by atoms with Crippen molar-refractivity contribution in [1.29, 1.82) is 0 Å². The summed E-state index contributed by atoms with van der Waals surface area (Å²) < 4.78 is 0. The molecule has 10 heteroatoms. The number of aromatic hydroxyl groups is 2. The van der Waals surface area contributed by atoms with Crippen molar-refractivity contribution in [1.82, 2.24) is 15.2 Å². The van der Waals surface area contributed by atoms with E-state index in [-0.39, 0.29) is 17.5 Å². The van der Waals surface area contributed by atoms with Gasteiger partial charge in [0, 0.05) is 25.8 Å². The number of para-hydroxylation sites is 2. The summed E-state index contributed by atoms with van der Waals surface area (Å²) in [5.41, 5.74) is 0.925. The Morgan fingerprint density at radius 3 is 2.48 bits per heavy atom. The Balaban J connectivity index is 0.000000236. The van der Waals surface area contributed by atoms with Gasteiger partial charge in [0.25, 0.3) is 5.96 Å². The van der Waals surface area contributed by atoms with Crippen molar-refractivity contribution in [2.24, 2.45) is 5.10 Å². The van der Waals surface area contributed by atoms with Crippen LogP contribution in [0.4, 0.5) is 0 Å². The largest absolute Gasteiger partial charge is 0.504 e. The van der Waals surface area contributed by atoms with Crippen LogP contribution in [0.3, 0.4) is 0 Å². The monoisotopic (exact) mass is 365 g/mol. The van der Waals surface area contributed by atoms with Crippen molar-refractivity contribution >= 4 is 17.6 Å². The van der Waals surface area contributed by atoms with Crippen LogP contribution in [0.2, 0.25) is 5.15 Å². The number of nitrogens with one attached hydrogen (secondary N) is 1. The lowest BCUT2D eigenvalue weighted by atomic mass is 10.3. The average Bonchev–Trinajstić information content (AvgIpc) is 2.99. The number of aromatic nitrogens is 1. The maximum absolute atomic E-state index is 10.3. The predicted octanol–water partition coefficient (Wildman–Crippen LogP) is 1.79. The smallest absolute Gasteiger partial charge is 0.271 e. The van der Waals surface area contributed by atoms with Crippen molar-refractivity contribution in [3.8, 4) is 11.5 Å². The Bertz CT molecular complexity index is 733. The number of guanidine groups is 1. The Hall–Kier alpha value is -3.07. The molecule has 2 heterocycles. The van der Waals surface area contributed by atoms with Gasteiger partial charge in [0.15, 0.2) is 16.5 Å². The predicted molar refractivity (Wildman–Crippen MR) is 91.9 cm³/mol. The summed E-state index contributed by atoms with van der Waals surface area (Å²) in [6.07, 6.45) is 1.64. The second-order valence-corrected chi connectivity index (χ2v) is 5.37. The van der Waals surface area contributed by atoms with Crippen LogP contribution in [0.5, 0.6) is 11.5 Å². The number of hydrogen-bond donors (Lipinski definition) is 3. The molecule has 1 aliphatic heterocycles. The molecular formula is C15H16ClN5O4. The summed E-state index contributed by atoms with van der Waals surface area (Å²) in [6.45, 7) is 1.84. The molecule has 1 aromatic heterocycles. The normalized spacial score (nSPS) is 14.6. The lowest BCUT2D eigenvalue weighted by Gasteiger charge is -2.14. The third kappa shape index (κ3) is 5.81. The molecule has 0 unspecified atom stereocenters. The van der Waals surface area contributed by atoms with Crippen LogP contribution in [0.25, 0.3) is 0 Å². The summed E-state index contributed by atoms with van der Waals surface area (Å²) in [5.74, 6) is 0.130. The fourth-order valence-electron chi connectivity index (χ4n) is 2.03. The molecule has 1 fully saturated rings. The van der Waals surface area contributed by atoms with Crippen LogP contribution in [0.1, 0.15) is 5.56 Å². The fraction of sp³-hybridized carbons (Fsp3) is 0.200. The summed E-state index contributed by atoms with van der Waals surface area (Å²) in [4.78, 5) is 16.1. The Morgan fingerprint density at radius 1 is 1.28 bits per heavy atom. The number of hydrazone groups is 1. The topological polar surface area (TPSA) is 124 Å². The number of phenols is 2. The van der Waals surface area contributed by atoms with Gasteiger partial charge in [-0.25, -0.2) is 15.1 Å². The van der Waals surface area contributed by atoms with Crippen molar-refractivity contribution in [3.63, 3.8) is 0 Å². The molecule has 3 rings (SSSR count). The van der Waals surface area contributed by atoms with Crippen LogP contribution in [0, 0.1) is 10.1 Å². The molecule has 0 radical (unpaired) electrons. The van der Waals surface area contributed by atoms with Gasteiger partial charge in [-0.2, -0.15) is 0 Å². The molecule has 0 amide bonds. The number of rotatable bonds is 3. The minimum atomic E-state index is -0.708. The van der Waals surface area contributed by atoms with E-state index in [0.717, 1.165) is 5.56 Å². The second-order valence-electron chi connectivity index (χ2n) is 4.99. The first-order valence-electron chi connectivity index (χ1n) is 7.25. The summed E-state index contributed by atoms with van der Waals surface area (Å²) in [7, 11) is 0. The highest BCUT2D eigenvalue weighted by Crippen LogP contribution is 2.21. The van der Waals surface area contributed by atoms with Crippen LogP contribution in [-0.4, -0.2) is 44.2 Å². The summed E-state index contributed by atoms with van der Waals surface area (Å²) >= 11 is 5.68. The van der Waals surface area contributed by atoms with E-state index in [1.807, 2.05) is 6.07 Å². The first-order valence-corrected chi connectivity index (χ1v) is 7.62. The van der Waals surface area contributed by atoms with Gasteiger partial charge in [-0.1, -0.05) is 29.8 Å². The van der Waals surface area contributed by atoms with Crippen LogP contribution < -0.4 is 5.32 Å². The highest BCUT2D eigenvalue weighted by atomic mass is 35.5. The van der Waals surface area contributed by atoms with Gasteiger partial charge < -0.3 is 20.4 Å². The van der Waals surface area contributed by atoms with Crippen LogP contribution in [0.15, 0.2) is 47.7 Å². The van der Waals surface area contributed by atoms with Crippen LogP contribution in [-0.2, 0) is 6.54 Å². The molecule has 25 heavy (non-hydrogen) atoms. The molecule has 0 bridgehead atoms. The zero-order chi connectivity index (χ0) is 18.2. The number of nitro groups is 1. The molecular weight excluding hydrogens is 350 g/mol. The van der Waals surface area contributed by atoms with E-state index in [2.05, 4.69) is 15.4 Å². The van der Waals surface area contributed by atoms with Gasteiger partial charge >= 0.3 is 0 Å². The molecule has 3 N–H and O–H groups in total. The molecule has 132 valence electrons. The van der Waals surface area contributed by atoms with E-state index in [4.69, 9.17) is 21.8 Å². The SMILES string of the molecule is O=[N+]([O-])/N=C1\NCCN1Cc1ccc(Cl)nc1.Oc1ccccc1O. The molecule has 2 aromatic rings. The van der Waals surface area contributed by atoms with E-state index >= 15 is 0 Å². The third-order valence-corrected chi connectivity index (χ3v) is 3.41. The molecule has 0 aliphatic carbocycles. The lowest BCUT2D eigenvalue weighted by Crippen LogP contribution is -2.30. The first-order chi connectivity index (χ1) is 12.0. The van der Waals surface area contributed by atoms with Crippen molar-refractivity contribution in [3.05, 3.63) is 63.4 Å². The van der Waals surface area contributed by atoms with Crippen molar-refractivity contribution in [2.45, 2.75) is 6.54 Å². The fourth-order valence-corrected chi connectivity index (χ4v) is 2.15. The zero-order valence-corrected chi connectivity index (χ0v) is 13.8. The van der Waals surface area contributed by atoms with Gasteiger partial charge in [0.05, 0.1) is 0 Å². The summed E-state index contributed by atoms with van der Waals surface area (Å²) in [5, 5.41) is 33.5. The van der Waals surface area contributed by atoms with E-state index in [1.165, 1.54) is 12.1 Å². The average molecular weight is 366 g/mol. The quantitative estimate of drug-likeness (QED) is 0.328. The van der Waals surface area contributed by atoms with Crippen LogP contribution >= 0.6 is 11.6 Å². The Kier molecular flexibility index (Phi) is 6.35. The van der Waals surface area contributed by atoms with E-state index in [1.54, 1.807) is 29.3 Å². The number of phenolic OH excluding ortho intramolecular Hbond substituents is 2. The number of benzene rings is 1. The van der Waals surface area contributed by atoms with E-state index < -0.39 is 5.03 Å². The van der Waals surface area contributed by atoms with Crippen molar-refractivity contribution < 1.29 is 15.2 Å². The van der Waals surface area contributed by atoms with Gasteiger partial charge in [0.2, 0.25) is 0 Å². The molecule has 0 spiro atoms. The number of nitrogens with zero attached hydrogens (tertiary/aromatic N) is 4. The molecule has 1 saturated heterocycles. The van der Waals surface area contributed by atoms with E-state index in [0.29, 0.717) is 24.8 Å². The third-order valence-electron chi connectivity index (χ3n) is 3.18. The Labute approximate surface area is 148 Å². The van der Waals surface area contributed by atoms with Gasteiger partial charge in [-0.05, 0) is 23.8 Å².